The highest BCUT2D eigenvalue weighted by Crippen LogP contribution is 2.48. The Morgan fingerprint density at radius 2 is 1.90 bits per heavy atom. The van der Waals surface area contributed by atoms with Crippen LogP contribution in [0.5, 0.6) is 11.5 Å². The first-order chi connectivity index (χ1) is 14.8. The summed E-state index contributed by atoms with van der Waals surface area (Å²) in [6, 6.07) is 11.0. The molecule has 0 amide bonds. The van der Waals surface area contributed by atoms with Crippen molar-refractivity contribution in [1.82, 2.24) is 0 Å². The van der Waals surface area contributed by atoms with Crippen LogP contribution in [0, 0.1) is 5.92 Å². The van der Waals surface area contributed by atoms with Crippen molar-refractivity contribution in [2.24, 2.45) is 5.92 Å². The van der Waals surface area contributed by atoms with Crippen LogP contribution in [-0.4, -0.2) is 18.5 Å². The van der Waals surface area contributed by atoms with E-state index < -0.39 is 11.2 Å². The van der Waals surface area contributed by atoms with Gasteiger partial charge in [-0.25, -0.2) is 4.79 Å². The number of carbonyl (C=O) groups excluding carboxylic acids is 1. The molecule has 2 aromatic carbocycles. The molecular weight excluding hydrogens is 392 g/mol. The predicted octanol–water partition coefficient (Wildman–Crippen LogP) is 5.88. The van der Waals surface area contributed by atoms with Crippen molar-refractivity contribution in [3.8, 4) is 22.6 Å². The summed E-state index contributed by atoms with van der Waals surface area (Å²) in [5, 5.41) is 0.602. The van der Waals surface area contributed by atoms with Gasteiger partial charge in [-0.3, -0.25) is 4.79 Å². The molecule has 1 unspecified atom stereocenters. The zero-order chi connectivity index (χ0) is 22.3. The average molecular weight is 418 g/mol. The molecule has 5 heteroatoms. The molecule has 5 nitrogen and oxygen atoms in total. The molecular formula is C26H26O5. The van der Waals surface area contributed by atoms with Gasteiger partial charge in [0.15, 0.2) is 11.4 Å². The highest BCUT2D eigenvalue weighted by Gasteiger charge is 2.34. The Balaban J connectivity index is 2.23. The molecule has 0 spiro atoms. The van der Waals surface area contributed by atoms with Crippen LogP contribution in [0.2, 0.25) is 0 Å². The van der Waals surface area contributed by atoms with Gasteiger partial charge in [0, 0.05) is 17.5 Å². The fraction of sp³-hybridized carbons (Fsp3) is 0.308. The first-order valence-corrected chi connectivity index (χ1v) is 10.5. The summed E-state index contributed by atoms with van der Waals surface area (Å²) < 4.78 is 17.8. The lowest BCUT2D eigenvalue weighted by Crippen LogP contribution is -2.28. The normalized spacial score (nSPS) is 15.3. The maximum absolute atomic E-state index is 13.4. The molecule has 0 fully saturated rings. The minimum atomic E-state index is -0.572. The maximum atomic E-state index is 13.4. The van der Waals surface area contributed by atoms with E-state index in [0.29, 0.717) is 34.4 Å². The van der Waals surface area contributed by atoms with Gasteiger partial charge in [-0.05, 0) is 38.0 Å². The first kappa shape index (κ1) is 20.9. The van der Waals surface area contributed by atoms with Crippen molar-refractivity contribution in [3.63, 3.8) is 0 Å². The summed E-state index contributed by atoms with van der Waals surface area (Å²) >= 11 is 0. The van der Waals surface area contributed by atoms with Gasteiger partial charge in [-0.2, -0.15) is 0 Å². The third kappa shape index (κ3) is 3.54. The fourth-order valence-corrected chi connectivity index (χ4v) is 3.92. The smallest absolute Gasteiger partial charge is 0.336 e. The third-order valence-corrected chi connectivity index (χ3v) is 5.74. The van der Waals surface area contributed by atoms with Gasteiger partial charge in [0.25, 0.3) is 0 Å². The summed E-state index contributed by atoms with van der Waals surface area (Å²) in [5.74, 6) is 0.528. The molecule has 31 heavy (non-hydrogen) atoms. The lowest BCUT2D eigenvalue weighted by molar-refractivity contribution is 0.0924. The largest absolute Gasteiger partial charge is 0.495 e. The van der Waals surface area contributed by atoms with Crippen molar-refractivity contribution in [1.29, 1.82) is 0 Å². The summed E-state index contributed by atoms with van der Waals surface area (Å²) in [6.45, 7) is 7.71. The predicted molar refractivity (Wildman–Crippen MR) is 122 cm³/mol. The van der Waals surface area contributed by atoms with Crippen LogP contribution in [-0.2, 0) is 0 Å². The van der Waals surface area contributed by atoms with Gasteiger partial charge in [0.2, 0.25) is 0 Å². The molecule has 1 aliphatic rings. The number of benzene rings is 2. The summed E-state index contributed by atoms with van der Waals surface area (Å²) in [4.78, 5) is 26.0. The molecule has 160 valence electrons. The van der Waals surface area contributed by atoms with E-state index in [0.717, 1.165) is 5.56 Å². The first-order valence-electron chi connectivity index (χ1n) is 10.5. The summed E-state index contributed by atoms with van der Waals surface area (Å²) in [7, 11) is 1.52. The van der Waals surface area contributed by atoms with Crippen molar-refractivity contribution in [3.05, 3.63) is 64.0 Å². The van der Waals surface area contributed by atoms with E-state index in [4.69, 9.17) is 13.9 Å². The topological polar surface area (TPSA) is 65.7 Å². The fourth-order valence-electron chi connectivity index (χ4n) is 3.92. The maximum Gasteiger partial charge on any atom is 0.336 e. The van der Waals surface area contributed by atoms with Crippen LogP contribution in [0.1, 0.15) is 50.0 Å². The number of hydrogen-bond donors (Lipinski definition) is 0. The van der Waals surface area contributed by atoms with Gasteiger partial charge in [-0.15, -0.1) is 0 Å². The molecule has 3 aromatic rings. The lowest BCUT2D eigenvalue weighted by Gasteiger charge is -2.31. The van der Waals surface area contributed by atoms with Gasteiger partial charge < -0.3 is 13.9 Å². The monoisotopic (exact) mass is 418 g/mol. The Labute approximate surface area is 181 Å². The number of rotatable bonds is 5. The highest BCUT2D eigenvalue weighted by molar-refractivity contribution is 6.15. The molecule has 1 atom stereocenters. The number of fused-ring (bicyclic) bond motifs is 3. The molecule has 0 aliphatic carbocycles. The van der Waals surface area contributed by atoms with Gasteiger partial charge >= 0.3 is 5.63 Å². The lowest BCUT2D eigenvalue weighted by atomic mass is 9.88. The van der Waals surface area contributed by atoms with Crippen molar-refractivity contribution >= 4 is 22.8 Å². The zero-order valence-electron chi connectivity index (χ0n) is 18.4. The Bertz CT molecular complexity index is 1250. The minimum absolute atomic E-state index is 0.126. The van der Waals surface area contributed by atoms with E-state index >= 15 is 0 Å². The van der Waals surface area contributed by atoms with Crippen LogP contribution < -0.4 is 15.1 Å². The number of ketones is 1. The van der Waals surface area contributed by atoms with Crippen LogP contribution in [0.4, 0.5) is 0 Å². The van der Waals surface area contributed by atoms with E-state index in [1.165, 1.54) is 13.2 Å². The molecule has 1 aliphatic heterocycles. The summed E-state index contributed by atoms with van der Waals surface area (Å²) in [5.41, 5.74) is 1.56. The molecule has 4 rings (SSSR count). The van der Waals surface area contributed by atoms with Crippen LogP contribution >= 0.6 is 0 Å². The van der Waals surface area contributed by atoms with Crippen molar-refractivity contribution < 1.29 is 18.7 Å². The van der Waals surface area contributed by atoms with E-state index in [2.05, 4.69) is 0 Å². The number of hydrogen-bond acceptors (Lipinski definition) is 5. The minimum Gasteiger partial charge on any atom is -0.495 e. The van der Waals surface area contributed by atoms with E-state index in [9.17, 15) is 9.59 Å². The molecule has 2 heterocycles. The van der Waals surface area contributed by atoms with Gasteiger partial charge in [-0.1, -0.05) is 44.2 Å². The Hall–Kier alpha value is -3.34. The zero-order valence-corrected chi connectivity index (χ0v) is 18.4. The quantitative estimate of drug-likeness (QED) is 0.382. The third-order valence-electron chi connectivity index (χ3n) is 5.74. The Morgan fingerprint density at radius 1 is 1.19 bits per heavy atom. The second-order valence-electron chi connectivity index (χ2n) is 8.41. The Morgan fingerprint density at radius 3 is 2.55 bits per heavy atom. The second-order valence-corrected chi connectivity index (χ2v) is 8.41. The van der Waals surface area contributed by atoms with Crippen LogP contribution in [0.25, 0.3) is 28.2 Å². The second kappa shape index (κ2) is 7.73. The number of ether oxygens (including phenoxy) is 2. The van der Waals surface area contributed by atoms with Crippen LogP contribution in [0.3, 0.4) is 0 Å². The number of carbonyl (C=O) groups is 1. The van der Waals surface area contributed by atoms with E-state index in [1.807, 2.05) is 70.2 Å². The molecule has 0 saturated carbocycles. The van der Waals surface area contributed by atoms with Gasteiger partial charge in [0.1, 0.15) is 22.7 Å². The molecule has 0 bridgehead atoms. The SMILES string of the molecule is CCC(C)C(=O)c1c(OC)c2c(c3c(-c4ccccc4)cc(=O)oc13)OC(C)(C)C=C2. The highest BCUT2D eigenvalue weighted by atomic mass is 16.5. The van der Waals surface area contributed by atoms with Crippen molar-refractivity contribution in [2.75, 3.05) is 7.11 Å². The molecule has 0 radical (unpaired) electrons. The van der Waals surface area contributed by atoms with E-state index in [-0.39, 0.29) is 22.8 Å². The van der Waals surface area contributed by atoms with Crippen LogP contribution in [0.15, 0.2) is 51.7 Å². The number of methoxy groups -OCH3 is 1. The van der Waals surface area contributed by atoms with E-state index in [1.54, 1.807) is 0 Å². The van der Waals surface area contributed by atoms with Gasteiger partial charge in [0.05, 0.1) is 18.1 Å². The molecule has 0 N–H and O–H groups in total. The molecule has 1 aromatic heterocycles. The summed E-state index contributed by atoms with van der Waals surface area (Å²) in [6.07, 6.45) is 4.51. The van der Waals surface area contributed by atoms with Crippen molar-refractivity contribution in [2.45, 2.75) is 39.7 Å². The molecule has 0 saturated heterocycles. The number of Topliss-reactive ketones (excluding diaryl/α,β-unsaturated/α-hetero) is 1. The standard InChI is InChI=1S/C26H26O5/c1-6-15(2)22(28)21-23(29-5)17-12-13-26(3,4)31-24(17)20-18(14-19(27)30-25(20)21)16-10-8-7-9-11-16/h7-15H,6H2,1-5H3. The average Bonchev–Trinajstić information content (AvgIpc) is 2.76. The Kier molecular flexibility index (Phi) is 5.21.